The summed E-state index contributed by atoms with van der Waals surface area (Å²) in [6.45, 7) is 1.42. The first-order valence-corrected chi connectivity index (χ1v) is 7.19. The molecule has 0 saturated carbocycles. The number of para-hydroxylation sites is 1. The first-order chi connectivity index (χ1) is 10.5. The Labute approximate surface area is 130 Å². The van der Waals surface area contributed by atoms with Gasteiger partial charge in [0.05, 0.1) is 12.1 Å². The fourth-order valence-corrected chi connectivity index (χ4v) is 2.72. The van der Waals surface area contributed by atoms with Gasteiger partial charge in [0, 0.05) is 0 Å². The molecule has 1 amide bonds. The van der Waals surface area contributed by atoms with Crippen LogP contribution in [0.2, 0.25) is 0 Å². The molecule has 1 aromatic carbocycles. The number of thiophene rings is 1. The summed E-state index contributed by atoms with van der Waals surface area (Å²) in [7, 11) is 1.29. The molecular formula is C15H14FNO4S. The third kappa shape index (κ3) is 3.82. The van der Waals surface area contributed by atoms with Gasteiger partial charge >= 0.3 is 5.97 Å². The Bertz CT molecular complexity index is 699. The van der Waals surface area contributed by atoms with Crippen LogP contribution >= 0.6 is 11.3 Å². The van der Waals surface area contributed by atoms with E-state index in [4.69, 9.17) is 4.74 Å². The summed E-state index contributed by atoms with van der Waals surface area (Å²) in [5.41, 5.74) is 0.710. The number of carbonyl (C=O) groups excluding carboxylic acids is 2. The van der Waals surface area contributed by atoms with E-state index in [1.54, 1.807) is 19.1 Å². The lowest BCUT2D eigenvalue weighted by molar-refractivity contribution is -0.118. The summed E-state index contributed by atoms with van der Waals surface area (Å²) >= 11 is 1.11. The van der Waals surface area contributed by atoms with Gasteiger partial charge in [-0.05, 0) is 30.7 Å². The van der Waals surface area contributed by atoms with Crippen molar-refractivity contribution in [2.24, 2.45) is 0 Å². The van der Waals surface area contributed by atoms with Crippen LogP contribution in [0.25, 0.3) is 0 Å². The first kappa shape index (κ1) is 16.0. The molecule has 0 saturated heterocycles. The summed E-state index contributed by atoms with van der Waals surface area (Å²) < 4.78 is 23.1. The van der Waals surface area contributed by atoms with Crippen molar-refractivity contribution in [2.45, 2.75) is 6.92 Å². The molecule has 0 aliphatic heterocycles. The number of aryl methyl sites for hydroxylation is 1. The van der Waals surface area contributed by atoms with Crippen LogP contribution in [0.5, 0.6) is 5.75 Å². The number of esters is 1. The number of halogens is 1. The number of carbonyl (C=O) groups is 2. The second-order valence-corrected chi connectivity index (χ2v) is 5.43. The van der Waals surface area contributed by atoms with Gasteiger partial charge in [-0.1, -0.05) is 12.1 Å². The molecule has 22 heavy (non-hydrogen) atoms. The molecule has 0 bridgehead atoms. The maximum atomic E-state index is 13.3. The van der Waals surface area contributed by atoms with Crippen LogP contribution in [0.1, 0.15) is 15.2 Å². The summed E-state index contributed by atoms with van der Waals surface area (Å²) in [5.74, 6) is -1.42. The fourth-order valence-electron chi connectivity index (χ4n) is 1.72. The molecular weight excluding hydrogens is 309 g/mol. The summed E-state index contributed by atoms with van der Waals surface area (Å²) in [6, 6.07) is 7.50. The lowest BCUT2D eigenvalue weighted by Crippen LogP contribution is -2.19. The number of ether oxygens (including phenoxy) is 2. The summed E-state index contributed by atoms with van der Waals surface area (Å²) in [5, 5.41) is 3.10. The van der Waals surface area contributed by atoms with Crippen molar-refractivity contribution in [3.05, 3.63) is 46.6 Å². The molecule has 0 aliphatic rings. The SMILES string of the molecule is COC(=O)c1sc(NC(=O)COc2ccccc2F)cc1C. The Kier molecular flexibility index (Phi) is 5.11. The number of methoxy groups -OCH3 is 1. The zero-order chi connectivity index (χ0) is 16.1. The van der Waals surface area contributed by atoms with Crippen molar-refractivity contribution in [3.63, 3.8) is 0 Å². The molecule has 116 valence electrons. The normalized spacial score (nSPS) is 10.1. The van der Waals surface area contributed by atoms with Crippen molar-refractivity contribution < 1.29 is 23.5 Å². The van der Waals surface area contributed by atoms with Crippen LogP contribution in [0.3, 0.4) is 0 Å². The average Bonchev–Trinajstić information content (AvgIpc) is 2.86. The van der Waals surface area contributed by atoms with E-state index in [1.807, 2.05) is 0 Å². The minimum Gasteiger partial charge on any atom is -0.481 e. The van der Waals surface area contributed by atoms with Crippen LogP contribution in [0, 0.1) is 12.7 Å². The molecule has 0 aliphatic carbocycles. The molecule has 7 heteroatoms. The largest absolute Gasteiger partial charge is 0.481 e. The number of rotatable bonds is 5. The van der Waals surface area contributed by atoms with E-state index < -0.39 is 17.7 Å². The van der Waals surface area contributed by atoms with E-state index in [-0.39, 0.29) is 12.4 Å². The smallest absolute Gasteiger partial charge is 0.348 e. The van der Waals surface area contributed by atoms with Crippen molar-refractivity contribution >= 4 is 28.2 Å². The highest BCUT2D eigenvalue weighted by Gasteiger charge is 2.15. The molecule has 1 N–H and O–H groups in total. The Morgan fingerprint density at radius 2 is 2.05 bits per heavy atom. The molecule has 2 rings (SSSR count). The van der Waals surface area contributed by atoms with Crippen LogP contribution in [0.15, 0.2) is 30.3 Å². The van der Waals surface area contributed by atoms with E-state index in [1.165, 1.54) is 25.3 Å². The lowest BCUT2D eigenvalue weighted by Gasteiger charge is -2.06. The van der Waals surface area contributed by atoms with Crippen molar-refractivity contribution in [3.8, 4) is 5.75 Å². The molecule has 2 aromatic rings. The minimum atomic E-state index is -0.532. The van der Waals surface area contributed by atoms with Crippen LogP contribution in [0.4, 0.5) is 9.39 Å². The molecule has 0 radical (unpaired) electrons. The van der Waals surface area contributed by atoms with E-state index in [9.17, 15) is 14.0 Å². The molecule has 5 nitrogen and oxygen atoms in total. The standard InChI is InChI=1S/C15H14FNO4S/c1-9-7-13(22-14(9)15(19)20-2)17-12(18)8-21-11-6-4-3-5-10(11)16/h3-7H,8H2,1-2H3,(H,17,18). The highest BCUT2D eigenvalue weighted by atomic mass is 32.1. The van der Waals surface area contributed by atoms with Crippen molar-refractivity contribution in [1.29, 1.82) is 0 Å². The summed E-state index contributed by atoms with van der Waals surface area (Å²) in [6.07, 6.45) is 0. The number of nitrogens with one attached hydrogen (secondary N) is 1. The molecule has 0 atom stereocenters. The van der Waals surface area contributed by atoms with Gasteiger partial charge in [-0.3, -0.25) is 4.79 Å². The zero-order valence-electron chi connectivity index (χ0n) is 12.0. The number of benzene rings is 1. The second-order valence-electron chi connectivity index (χ2n) is 4.38. The number of anilines is 1. The van der Waals surface area contributed by atoms with Gasteiger partial charge in [-0.15, -0.1) is 11.3 Å². The highest BCUT2D eigenvalue weighted by molar-refractivity contribution is 7.18. The van der Waals surface area contributed by atoms with Crippen LogP contribution < -0.4 is 10.1 Å². The zero-order valence-corrected chi connectivity index (χ0v) is 12.8. The predicted molar refractivity (Wildman–Crippen MR) is 80.9 cm³/mol. The molecule has 0 fully saturated rings. The van der Waals surface area contributed by atoms with Gasteiger partial charge in [0.1, 0.15) is 4.88 Å². The van der Waals surface area contributed by atoms with Gasteiger partial charge < -0.3 is 14.8 Å². The average molecular weight is 323 g/mol. The van der Waals surface area contributed by atoms with Crippen LogP contribution in [-0.2, 0) is 9.53 Å². The first-order valence-electron chi connectivity index (χ1n) is 6.37. The Hall–Kier alpha value is -2.41. The number of amides is 1. The molecule has 0 spiro atoms. The number of hydrogen-bond acceptors (Lipinski definition) is 5. The predicted octanol–water partition coefficient (Wildman–Crippen LogP) is 3.00. The summed E-state index contributed by atoms with van der Waals surface area (Å²) in [4.78, 5) is 23.7. The maximum Gasteiger partial charge on any atom is 0.348 e. The van der Waals surface area contributed by atoms with Gasteiger partial charge in [-0.2, -0.15) is 0 Å². The maximum absolute atomic E-state index is 13.3. The van der Waals surface area contributed by atoms with Crippen LogP contribution in [-0.4, -0.2) is 25.6 Å². The Morgan fingerprint density at radius 3 is 2.73 bits per heavy atom. The second kappa shape index (κ2) is 7.04. The Balaban J connectivity index is 1.95. The Morgan fingerprint density at radius 1 is 1.32 bits per heavy atom. The van der Waals surface area contributed by atoms with E-state index >= 15 is 0 Å². The number of hydrogen-bond donors (Lipinski definition) is 1. The molecule has 1 aromatic heterocycles. The lowest BCUT2D eigenvalue weighted by atomic mass is 10.3. The quantitative estimate of drug-likeness (QED) is 0.859. The molecule has 0 unspecified atom stereocenters. The highest BCUT2D eigenvalue weighted by Crippen LogP contribution is 2.27. The fraction of sp³-hybridized carbons (Fsp3) is 0.200. The van der Waals surface area contributed by atoms with Crippen molar-refractivity contribution in [2.75, 3.05) is 19.0 Å². The van der Waals surface area contributed by atoms with E-state index in [2.05, 4.69) is 10.1 Å². The van der Waals surface area contributed by atoms with Gasteiger partial charge in [-0.25, -0.2) is 9.18 Å². The minimum absolute atomic E-state index is 0.00950. The van der Waals surface area contributed by atoms with Gasteiger partial charge in [0.25, 0.3) is 5.91 Å². The third-order valence-corrected chi connectivity index (χ3v) is 3.88. The monoisotopic (exact) mass is 323 g/mol. The third-order valence-electron chi connectivity index (χ3n) is 2.75. The molecule has 1 heterocycles. The van der Waals surface area contributed by atoms with Gasteiger partial charge in [0.15, 0.2) is 18.2 Å². The topological polar surface area (TPSA) is 64.6 Å². The van der Waals surface area contributed by atoms with Crippen molar-refractivity contribution in [1.82, 2.24) is 0 Å². The van der Waals surface area contributed by atoms with E-state index in [0.29, 0.717) is 15.4 Å². The van der Waals surface area contributed by atoms with E-state index in [0.717, 1.165) is 11.3 Å². The van der Waals surface area contributed by atoms with Gasteiger partial charge in [0.2, 0.25) is 0 Å².